The molecule has 2 amide bonds. The molecule has 5 nitrogen and oxygen atoms in total. The van der Waals surface area contributed by atoms with Crippen molar-refractivity contribution in [2.45, 2.75) is 20.0 Å². The van der Waals surface area contributed by atoms with Gasteiger partial charge in [-0.2, -0.15) is 13.2 Å². The quantitative estimate of drug-likeness (QED) is 0.762. The van der Waals surface area contributed by atoms with Crippen LogP contribution >= 0.6 is 11.6 Å². The molecule has 0 radical (unpaired) electrons. The normalized spacial score (nSPS) is 11.5. The molecule has 9 heteroatoms. The molecule has 0 fully saturated rings. The smallest absolute Gasteiger partial charge is 0.347 e. The number of nitrogens with zero attached hydrogens (tertiary/aromatic N) is 1. The van der Waals surface area contributed by atoms with E-state index in [9.17, 15) is 22.8 Å². The summed E-state index contributed by atoms with van der Waals surface area (Å²) in [6.07, 6.45) is -4.57. The highest BCUT2D eigenvalue weighted by atomic mass is 35.5. The van der Waals surface area contributed by atoms with Crippen LogP contribution in [0.15, 0.2) is 18.2 Å². The lowest BCUT2D eigenvalue weighted by Gasteiger charge is -2.17. The average molecular weight is 366 g/mol. The number of rotatable bonds is 6. The zero-order chi connectivity index (χ0) is 18.3. The molecule has 1 aromatic rings. The summed E-state index contributed by atoms with van der Waals surface area (Å²) in [5, 5.41) is 4.41. The Morgan fingerprint density at radius 1 is 1.17 bits per heavy atom. The highest BCUT2D eigenvalue weighted by Gasteiger charge is 2.31. The standard InChI is InChI=1S/C15H19ClF3N3O2/c1-3-22(4-2)8-7-20-13(23)14(24)21-12-9-10(15(17,18)19)5-6-11(12)16/h5-6,9H,3-4,7-8H2,1-2H3,(H,20,23)(H,21,24). The number of carbonyl (C=O) groups excluding carboxylic acids is 2. The summed E-state index contributed by atoms with van der Waals surface area (Å²) in [7, 11) is 0. The molecule has 24 heavy (non-hydrogen) atoms. The summed E-state index contributed by atoms with van der Waals surface area (Å²) in [6, 6.07) is 2.49. The first-order valence-electron chi connectivity index (χ1n) is 7.37. The maximum absolute atomic E-state index is 12.7. The molecule has 0 bridgehead atoms. The van der Waals surface area contributed by atoms with Crippen LogP contribution < -0.4 is 10.6 Å². The van der Waals surface area contributed by atoms with Gasteiger partial charge >= 0.3 is 18.0 Å². The lowest BCUT2D eigenvalue weighted by Crippen LogP contribution is -2.40. The Kier molecular flexibility index (Phi) is 7.50. The van der Waals surface area contributed by atoms with Crippen molar-refractivity contribution in [2.75, 3.05) is 31.5 Å². The van der Waals surface area contributed by atoms with Crippen LogP contribution in [0.25, 0.3) is 0 Å². The molecule has 0 saturated carbocycles. The van der Waals surface area contributed by atoms with Gasteiger partial charge in [0.15, 0.2) is 0 Å². The molecule has 1 rings (SSSR count). The van der Waals surface area contributed by atoms with Crippen LogP contribution in [-0.4, -0.2) is 42.9 Å². The Bertz CT molecular complexity index is 590. The second kappa shape index (κ2) is 8.89. The SMILES string of the molecule is CCN(CC)CCNC(=O)C(=O)Nc1cc(C(F)(F)F)ccc1Cl. The van der Waals surface area contributed by atoms with Gasteiger partial charge < -0.3 is 15.5 Å². The molecule has 0 aromatic heterocycles. The van der Waals surface area contributed by atoms with Gasteiger partial charge in [-0.1, -0.05) is 25.4 Å². The van der Waals surface area contributed by atoms with Gasteiger partial charge in [-0.05, 0) is 31.3 Å². The fourth-order valence-corrected chi connectivity index (χ4v) is 2.09. The fourth-order valence-electron chi connectivity index (χ4n) is 1.92. The molecule has 0 heterocycles. The molecular formula is C15H19ClF3N3O2. The number of nitrogens with one attached hydrogen (secondary N) is 2. The summed E-state index contributed by atoms with van der Waals surface area (Å²) in [6.45, 7) is 6.36. The highest BCUT2D eigenvalue weighted by Crippen LogP contribution is 2.33. The van der Waals surface area contributed by atoms with Crippen molar-refractivity contribution in [3.63, 3.8) is 0 Å². The Balaban J connectivity index is 2.65. The highest BCUT2D eigenvalue weighted by molar-refractivity contribution is 6.41. The van der Waals surface area contributed by atoms with Gasteiger partial charge in [0, 0.05) is 13.1 Å². The predicted octanol–water partition coefficient (Wildman–Crippen LogP) is 2.76. The van der Waals surface area contributed by atoms with Gasteiger partial charge in [0.25, 0.3) is 0 Å². The van der Waals surface area contributed by atoms with E-state index in [-0.39, 0.29) is 17.3 Å². The van der Waals surface area contributed by atoms with E-state index in [0.29, 0.717) is 12.6 Å². The summed E-state index contributed by atoms with van der Waals surface area (Å²) in [5.41, 5.74) is -1.24. The molecule has 0 unspecified atom stereocenters. The van der Waals surface area contributed by atoms with Crippen molar-refractivity contribution < 1.29 is 22.8 Å². The number of carbonyl (C=O) groups is 2. The minimum absolute atomic E-state index is 0.0905. The van der Waals surface area contributed by atoms with Crippen LogP contribution in [0.4, 0.5) is 18.9 Å². The molecule has 0 aliphatic heterocycles. The van der Waals surface area contributed by atoms with Gasteiger partial charge in [0.1, 0.15) is 0 Å². The van der Waals surface area contributed by atoms with E-state index < -0.39 is 23.6 Å². The topological polar surface area (TPSA) is 61.4 Å². The maximum atomic E-state index is 12.7. The van der Waals surface area contributed by atoms with Gasteiger partial charge in [0.2, 0.25) is 0 Å². The third-order valence-corrected chi connectivity index (χ3v) is 3.69. The van der Waals surface area contributed by atoms with E-state index >= 15 is 0 Å². The lowest BCUT2D eigenvalue weighted by molar-refractivity contribution is -0.137. The summed E-state index contributed by atoms with van der Waals surface area (Å²) in [5.74, 6) is -2.01. The largest absolute Gasteiger partial charge is 0.416 e. The fraction of sp³-hybridized carbons (Fsp3) is 0.467. The number of hydrogen-bond acceptors (Lipinski definition) is 3. The van der Waals surface area contributed by atoms with Crippen molar-refractivity contribution in [2.24, 2.45) is 0 Å². The van der Waals surface area contributed by atoms with E-state index in [4.69, 9.17) is 11.6 Å². The van der Waals surface area contributed by atoms with Crippen LogP contribution in [0.1, 0.15) is 19.4 Å². The zero-order valence-corrected chi connectivity index (χ0v) is 14.1. The van der Waals surface area contributed by atoms with Crippen molar-refractivity contribution in [1.82, 2.24) is 10.2 Å². The Morgan fingerprint density at radius 2 is 1.79 bits per heavy atom. The third kappa shape index (κ3) is 6.01. The Labute approximate surface area is 143 Å². The maximum Gasteiger partial charge on any atom is 0.416 e. The number of hydrogen-bond donors (Lipinski definition) is 2. The zero-order valence-electron chi connectivity index (χ0n) is 13.3. The minimum atomic E-state index is -4.57. The monoisotopic (exact) mass is 365 g/mol. The van der Waals surface area contributed by atoms with E-state index in [1.54, 1.807) is 0 Å². The van der Waals surface area contributed by atoms with E-state index in [1.807, 2.05) is 18.7 Å². The average Bonchev–Trinajstić information content (AvgIpc) is 2.52. The van der Waals surface area contributed by atoms with Gasteiger partial charge in [-0.3, -0.25) is 9.59 Å². The number of amides is 2. The molecular weight excluding hydrogens is 347 g/mol. The molecule has 134 valence electrons. The van der Waals surface area contributed by atoms with Gasteiger partial charge in [0.05, 0.1) is 16.3 Å². The Hall–Kier alpha value is -1.80. The van der Waals surface area contributed by atoms with Gasteiger partial charge in [-0.25, -0.2) is 0 Å². The van der Waals surface area contributed by atoms with Crippen LogP contribution in [0.3, 0.4) is 0 Å². The van der Waals surface area contributed by atoms with Crippen molar-refractivity contribution in [3.8, 4) is 0 Å². The molecule has 0 aliphatic rings. The van der Waals surface area contributed by atoms with Crippen LogP contribution in [-0.2, 0) is 15.8 Å². The summed E-state index contributed by atoms with van der Waals surface area (Å²) < 4.78 is 38.0. The van der Waals surface area contributed by atoms with Crippen LogP contribution in [0.5, 0.6) is 0 Å². The van der Waals surface area contributed by atoms with E-state index in [0.717, 1.165) is 25.2 Å². The van der Waals surface area contributed by atoms with E-state index in [1.165, 1.54) is 0 Å². The first-order chi connectivity index (χ1) is 11.2. The lowest BCUT2D eigenvalue weighted by atomic mass is 10.2. The molecule has 0 atom stereocenters. The first-order valence-corrected chi connectivity index (χ1v) is 7.75. The number of anilines is 1. The summed E-state index contributed by atoms with van der Waals surface area (Å²) in [4.78, 5) is 25.5. The van der Waals surface area contributed by atoms with Crippen LogP contribution in [0, 0.1) is 0 Å². The predicted molar refractivity (Wildman–Crippen MR) is 85.9 cm³/mol. The number of alkyl halides is 3. The molecule has 1 aromatic carbocycles. The second-order valence-electron chi connectivity index (χ2n) is 4.93. The molecule has 0 saturated heterocycles. The third-order valence-electron chi connectivity index (χ3n) is 3.36. The molecule has 2 N–H and O–H groups in total. The van der Waals surface area contributed by atoms with Crippen molar-refractivity contribution in [3.05, 3.63) is 28.8 Å². The number of benzene rings is 1. The summed E-state index contributed by atoms with van der Waals surface area (Å²) >= 11 is 5.76. The van der Waals surface area contributed by atoms with Crippen LogP contribution in [0.2, 0.25) is 5.02 Å². The first kappa shape index (κ1) is 20.2. The number of halogens is 4. The molecule has 0 aliphatic carbocycles. The molecule has 0 spiro atoms. The number of likely N-dealkylation sites (N-methyl/N-ethyl adjacent to an activating group) is 1. The second-order valence-corrected chi connectivity index (χ2v) is 5.34. The van der Waals surface area contributed by atoms with Crippen molar-refractivity contribution >= 4 is 29.1 Å². The van der Waals surface area contributed by atoms with E-state index in [2.05, 4.69) is 10.6 Å². The van der Waals surface area contributed by atoms with Gasteiger partial charge in [-0.15, -0.1) is 0 Å². The van der Waals surface area contributed by atoms with Crippen molar-refractivity contribution in [1.29, 1.82) is 0 Å². The Morgan fingerprint density at radius 3 is 2.33 bits per heavy atom. The minimum Gasteiger partial charge on any atom is -0.347 e.